The lowest BCUT2D eigenvalue weighted by molar-refractivity contribution is -0.145. The average Bonchev–Trinajstić information content (AvgIpc) is 2.98. The first kappa shape index (κ1) is 19.7. The summed E-state index contributed by atoms with van der Waals surface area (Å²) in [6.45, 7) is 3.32. The van der Waals surface area contributed by atoms with Crippen molar-refractivity contribution in [1.29, 1.82) is 0 Å². The smallest absolute Gasteiger partial charge is 0.326 e. The number of aromatic amines is 1. The van der Waals surface area contributed by atoms with Gasteiger partial charge in [-0.1, -0.05) is 30.3 Å². The summed E-state index contributed by atoms with van der Waals surface area (Å²) in [6, 6.07) is 14.5. The number of amides is 1. The van der Waals surface area contributed by atoms with Crippen molar-refractivity contribution in [2.24, 2.45) is 0 Å². The number of esters is 1. The summed E-state index contributed by atoms with van der Waals surface area (Å²) in [6.07, 6.45) is -0.825. The van der Waals surface area contributed by atoms with Gasteiger partial charge < -0.3 is 14.5 Å². The third kappa shape index (κ3) is 3.66. The Labute approximate surface area is 173 Å². The molecule has 1 aliphatic rings. The van der Waals surface area contributed by atoms with E-state index in [2.05, 4.69) is 4.98 Å². The van der Waals surface area contributed by atoms with E-state index in [1.807, 2.05) is 31.2 Å². The van der Waals surface area contributed by atoms with Crippen LogP contribution in [0.1, 0.15) is 29.4 Å². The fourth-order valence-corrected chi connectivity index (χ4v) is 3.71. The van der Waals surface area contributed by atoms with E-state index in [0.29, 0.717) is 17.0 Å². The second kappa shape index (κ2) is 8.02. The number of rotatable bonds is 5. The number of carbonyl (C=O) groups is 3. The zero-order valence-electron chi connectivity index (χ0n) is 16.8. The van der Waals surface area contributed by atoms with Gasteiger partial charge in [0.15, 0.2) is 6.10 Å². The van der Waals surface area contributed by atoms with E-state index < -0.39 is 12.1 Å². The van der Waals surface area contributed by atoms with Crippen LogP contribution in [0, 0.1) is 6.92 Å². The van der Waals surface area contributed by atoms with Crippen molar-refractivity contribution < 1.29 is 23.9 Å². The number of anilines is 1. The summed E-state index contributed by atoms with van der Waals surface area (Å²) < 4.78 is 11.0. The summed E-state index contributed by atoms with van der Waals surface area (Å²) in [5.74, 6) is -0.638. The number of nitrogens with zero attached hydrogens (tertiary/aromatic N) is 1. The number of benzene rings is 2. The third-order valence-corrected chi connectivity index (χ3v) is 5.14. The molecule has 0 saturated carbocycles. The molecule has 4 rings (SSSR count). The molecule has 1 aromatic heterocycles. The van der Waals surface area contributed by atoms with Gasteiger partial charge in [0.25, 0.3) is 0 Å². The Bertz CT molecular complexity index is 1130. The Morgan fingerprint density at radius 2 is 1.90 bits per heavy atom. The first-order valence-electron chi connectivity index (χ1n) is 9.79. The second-order valence-corrected chi connectivity index (χ2v) is 7.21. The van der Waals surface area contributed by atoms with Crippen molar-refractivity contribution in [1.82, 2.24) is 4.98 Å². The molecule has 1 aliphatic heterocycles. The molecule has 0 aliphatic carbocycles. The van der Waals surface area contributed by atoms with E-state index in [9.17, 15) is 14.4 Å². The standard InChI is InChI=1S/C23H22N2O5/c1-14-22(16-7-3-4-8-17(16)24-14)23(28)15(2)30-21(27)13-25-18-9-5-6-10-19(18)29-12-11-20(25)26/h3-10,15,24H,11-13H2,1-2H3/t15-/m0/s1. The monoisotopic (exact) mass is 406 g/mol. The van der Waals surface area contributed by atoms with Crippen LogP contribution in [0.2, 0.25) is 0 Å². The van der Waals surface area contributed by atoms with Crippen molar-refractivity contribution in [2.75, 3.05) is 18.1 Å². The summed E-state index contributed by atoms with van der Waals surface area (Å²) in [7, 11) is 0. The van der Waals surface area contributed by atoms with Gasteiger partial charge in [0.05, 0.1) is 18.7 Å². The predicted octanol–water partition coefficient (Wildman–Crippen LogP) is 3.41. The molecule has 7 heteroatoms. The Hall–Kier alpha value is -3.61. The highest BCUT2D eigenvalue weighted by atomic mass is 16.5. The van der Waals surface area contributed by atoms with Crippen LogP contribution in [-0.4, -0.2) is 41.9 Å². The Kier molecular flexibility index (Phi) is 5.27. The molecular weight excluding hydrogens is 384 g/mol. The molecule has 0 unspecified atom stereocenters. The van der Waals surface area contributed by atoms with Gasteiger partial charge in [-0.2, -0.15) is 0 Å². The molecule has 2 aromatic carbocycles. The predicted molar refractivity (Wildman–Crippen MR) is 112 cm³/mol. The Morgan fingerprint density at radius 1 is 1.17 bits per heavy atom. The van der Waals surface area contributed by atoms with Gasteiger partial charge in [-0.3, -0.25) is 19.3 Å². The minimum absolute atomic E-state index is 0.158. The van der Waals surface area contributed by atoms with Crippen LogP contribution >= 0.6 is 0 Å². The van der Waals surface area contributed by atoms with Gasteiger partial charge in [0.1, 0.15) is 12.3 Å². The lowest BCUT2D eigenvalue weighted by Gasteiger charge is -2.22. The Balaban J connectivity index is 1.50. The number of carbonyl (C=O) groups excluding carboxylic acids is 3. The fourth-order valence-electron chi connectivity index (χ4n) is 3.71. The van der Waals surface area contributed by atoms with Crippen molar-refractivity contribution in [3.05, 3.63) is 59.8 Å². The van der Waals surface area contributed by atoms with Crippen LogP contribution in [0.15, 0.2) is 48.5 Å². The van der Waals surface area contributed by atoms with Gasteiger partial charge in [0.2, 0.25) is 11.7 Å². The van der Waals surface area contributed by atoms with Crippen molar-refractivity contribution in [2.45, 2.75) is 26.4 Å². The van der Waals surface area contributed by atoms with E-state index in [0.717, 1.165) is 16.6 Å². The molecule has 0 fully saturated rings. The molecule has 154 valence electrons. The topological polar surface area (TPSA) is 88.7 Å². The zero-order valence-corrected chi connectivity index (χ0v) is 16.8. The number of fused-ring (bicyclic) bond motifs is 2. The van der Waals surface area contributed by atoms with E-state index in [-0.39, 0.29) is 31.3 Å². The molecule has 7 nitrogen and oxygen atoms in total. The minimum Gasteiger partial charge on any atom is -0.491 e. The molecule has 0 radical (unpaired) electrons. The summed E-state index contributed by atoms with van der Waals surface area (Å²) in [4.78, 5) is 42.6. The molecular formula is C23H22N2O5. The molecule has 1 atom stereocenters. The number of ketones is 1. The highest BCUT2D eigenvalue weighted by Gasteiger charge is 2.28. The van der Waals surface area contributed by atoms with Gasteiger partial charge in [-0.25, -0.2) is 0 Å². The van der Waals surface area contributed by atoms with Crippen molar-refractivity contribution in [3.8, 4) is 5.75 Å². The average molecular weight is 406 g/mol. The van der Waals surface area contributed by atoms with Crippen LogP contribution < -0.4 is 9.64 Å². The first-order valence-corrected chi connectivity index (χ1v) is 9.79. The summed E-state index contributed by atoms with van der Waals surface area (Å²) in [5.41, 5.74) is 2.60. The number of hydrogen-bond donors (Lipinski definition) is 1. The SMILES string of the molecule is Cc1[nH]c2ccccc2c1C(=O)[C@H](C)OC(=O)CN1C(=O)CCOc2ccccc21. The number of H-pyrrole nitrogens is 1. The maximum Gasteiger partial charge on any atom is 0.326 e. The quantitative estimate of drug-likeness (QED) is 0.518. The first-order chi connectivity index (χ1) is 14.5. The number of aryl methyl sites for hydroxylation is 1. The van der Waals surface area contributed by atoms with E-state index in [1.165, 1.54) is 4.90 Å². The maximum absolute atomic E-state index is 13.0. The van der Waals surface area contributed by atoms with E-state index in [4.69, 9.17) is 9.47 Å². The number of aromatic nitrogens is 1. The highest BCUT2D eigenvalue weighted by molar-refractivity contribution is 6.11. The van der Waals surface area contributed by atoms with Gasteiger partial charge in [-0.05, 0) is 32.0 Å². The van der Waals surface area contributed by atoms with Crippen molar-refractivity contribution in [3.63, 3.8) is 0 Å². The van der Waals surface area contributed by atoms with E-state index in [1.54, 1.807) is 31.2 Å². The van der Waals surface area contributed by atoms with Gasteiger partial charge in [-0.15, -0.1) is 0 Å². The number of nitrogens with one attached hydrogen (secondary N) is 1. The fraction of sp³-hybridized carbons (Fsp3) is 0.261. The molecule has 30 heavy (non-hydrogen) atoms. The lowest BCUT2D eigenvalue weighted by atomic mass is 10.0. The summed E-state index contributed by atoms with van der Waals surface area (Å²) in [5, 5.41) is 0.789. The van der Waals surface area contributed by atoms with Gasteiger partial charge in [0, 0.05) is 22.2 Å². The van der Waals surface area contributed by atoms with Crippen LogP contribution in [0.25, 0.3) is 10.9 Å². The Morgan fingerprint density at radius 3 is 2.73 bits per heavy atom. The van der Waals surface area contributed by atoms with Crippen LogP contribution in [0.4, 0.5) is 5.69 Å². The second-order valence-electron chi connectivity index (χ2n) is 7.21. The molecule has 3 aromatic rings. The normalized spacial score (nSPS) is 14.6. The highest BCUT2D eigenvalue weighted by Crippen LogP contribution is 2.31. The molecule has 0 spiro atoms. The van der Waals surface area contributed by atoms with E-state index >= 15 is 0 Å². The number of ether oxygens (including phenoxy) is 2. The van der Waals surface area contributed by atoms with Crippen LogP contribution in [0.3, 0.4) is 0 Å². The lowest BCUT2D eigenvalue weighted by Crippen LogP contribution is -2.38. The third-order valence-electron chi connectivity index (χ3n) is 5.14. The number of hydrogen-bond acceptors (Lipinski definition) is 5. The summed E-state index contributed by atoms with van der Waals surface area (Å²) >= 11 is 0. The minimum atomic E-state index is -0.982. The van der Waals surface area contributed by atoms with Gasteiger partial charge >= 0.3 is 5.97 Å². The van der Waals surface area contributed by atoms with Crippen LogP contribution in [0.5, 0.6) is 5.75 Å². The molecule has 0 saturated heterocycles. The maximum atomic E-state index is 13.0. The molecule has 1 N–H and O–H groups in total. The van der Waals surface area contributed by atoms with Crippen molar-refractivity contribution >= 4 is 34.3 Å². The number of para-hydroxylation sites is 3. The number of Topliss-reactive ketones (excluding diaryl/α,β-unsaturated/α-hetero) is 1. The largest absolute Gasteiger partial charge is 0.491 e. The molecule has 0 bridgehead atoms. The molecule has 2 heterocycles. The molecule has 1 amide bonds. The van der Waals surface area contributed by atoms with Crippen LogP contribution in [-0.2, 0) is 14.3 Å². The zero-order chi connectivity index (χ0) is 21.3.